The van der Waals surface area contributed by atoms with Gasteiger partial charge in [-0.3, -0.25) is 4.79 Å². The lowest BCUT2D eigenvalue weighted by atomic mass is 9.95. The third-order valence-corrected chi connectivity index (χ3v) is 5.50. The van der Waals surface area contributed by atoms with Crippen LogP contribution in [0.5, 0.6) is 0 Å². The van der Waals surface area contributed by atoms with Gasteiger partial charge in [0.15, 0.2) is 9.84 Å². The molecule has 0 radical (unpaired) electrons. The Morgan fingerprint density at radius 1 is 1.08 bits per heavy atom. The van der Waals surface area contributed by atoms with Gasteiger partial charge in [-0.1, -0.05) is 36.4 Å². The van der Waals surface area contributed by atoms with Gasteiger partial charge < -0.3 is 10.6 Å². The second-order valence-electron chi connectivity index (χ2n) is 6.19. The molecular weight excluding hydrogens is 324 g/mol. The summed E-state index contributed by atoms with van der Waals surface area (Å²) < 4.78 is 23.3. The van der Waals surface area contributed by atoms with Crippen LogP contribution in [0.15, 0.2) is 59.5 Å². The second-order valence-corrected chi connectivity index (χ2v) is 8.21. The van der Waals surface area contributed by atoms with E-state index in [0.29, 0.717) is 18.7 Å². The van der Waals surface area contributed by atoms with E-state index in [2.05, 4.69) is 0 Å². The SMILES string of the molecule is CS(=O)(=O)c1cccc(C(=O)N2C[C@@H](N)[C@H](c3ccccc3)C2)c1. The molecule has 1 aliphatic rings. The molecule has 1 amide bonds. The lowest BCUT2D eigenvalue weighted by molar-refractivity contribution is 0.0789. The van der Waals surface area contributed by atoms with E-state index in [1.54, 1.807) is 17.0 Å². The molecule has 0 aromatic heterocycles. The van der Waals surface area contributed by atoms with Crippen molar-refractivity contribution in [3.05, 3.63) is 65.7 Å². The Labute approximate surface area is 142 Å². The molecule has 0 unspecified atom stereocenters. The summed E-state index contributed by atoms with van der Waals surface area (Å²) in [5.74, 6) is -0.0948. The maximum atomic E-state index is 12.7. The number of benzene rings is 2. The van der Waals surface area contributed by atoms with Crippen molar-refractivity contribution in [2.45, 2.75) is 16.9 Å². The molecule has 0 spiro atoms. The largest absolute Gasteiger partial charge is 0.336 e. The van der Waals surface area contributed by atoms with Crippen molar-refractivity contribution in [2.24, 2.45) is 5.73 Å². The Morgan fingerprint density at radius 3 is 2.46 bits per heavy atom. The van der Waals surface area contributed by atoms with Crippen LogP contribution in [0.1, 0.15) is 21.8 Å². The molecule has 6 heteroatoms. The van der Waals surface area contributed by atoms with Gasteiger partial charge in [-0.15, -0.1) is 0 Å². The Balaban J connectivity index is 1.82. The molecule has 126 valence electrons. The molecule has 1 aliphatic heterocycles. The maximum absolute atomic E-state index is 12.7. The summed E-state index contributed by atoms with van der Waals surface area (Å²) in [6.07, 6.45) is 1.13. The number of rotatable bonds is 3. The van der Waals surface area contributed by atoms with E-state index in [1.165, 1.54) is 12.1 Å². The fraction of sp³-hybridized carbons (Fsp3) is 0.278. The van der Waals surface area contributed by atoms with Crippen molar-refractivity contribution < 1.29 is 13.2 Å². The van der Waals surface area contributed by atoms with Crippen LogP contribution in [0.3, 0.4) is 0 Å². The quantitative estimate of drug-likeness (QED) is 0.918. The zero-order valence-electron chi connectivity index (χ0n) is 13.4. The van der Waals surface area contributed by atoms with Gasteiger partial charge in [0, 0.05) is 36.9 Å². The van der Waals surface area contributed by atoms with Crippen molar-refractivity contribution in [3.8, 4) is 0 Å². The topological polar surface area (TPSA) is 80.5 Å². The first-order chi connectivity index (χ1) is 11.4. The normalized spacial score (nSPS) is 21.0. The maximum Gasteiger partial charge on any atom is 0.253 e. The second kappa shape index (κ2) is 6.37. The van der Waals surface area contributed by atoms with Crippen LogP contribution in [0, 0.1) is 0 Å². The van der Waals surface area contributed by atoms with Crippen LogP contribution in [0.2, 0.25) is 0 Å². The van der Waals surface area contributed by atoms with Crippen molar-refractivity contribution in [3.63, 3.8) is 0 Å². The van der Waals surface area contributed by atoms with E-state index in [4.69, 9.17) is 5.73 Å². The first-order valence-corrected chi connectivity index (χ1v) is 9.65. The minimum Gasteiger partial charge on any atom is -0.336 e. The first kappa shape index (κ1) is 16.7. The number of sulfone groups is 1. The summed E-state index contributed by atoms with van der Waals surface area (Å²) in [5.41, 5.74) is 7.72. The number of carbonyl (C=O) groups excluding carboxylic acids is 1. The average Bonchev–Trinajstić information content (AvgIpc) is 2.96. The van der Waals surface area contributed by atoms with E-state index in [1.807, 2.05) is 30.3 Å². The van der Waals surface area contributed by atoms with Gasteiger partial charge in [-0.05, 0) is 23.8 Å². The van der Waals surface area contributed by atoms with E-state index >= 15 is 0 Å². The molecule has 1 heterocycles. The molecule has 1 saturated heterocycles. The lowest BCUT2D eigenvalue weighted by Gasteiger charge is -2.17. The summed E-state index contributed by atoms with van der Waals surface area (Å²) in [5, 5.41) is 0. The molecule has 1 fully saturated rings. The van der Waals surface area contributed by atoms with E-state index < -0.39 is 9.84 Å². The highest BCUT2D eigenvalue weighted by molar-refractivity contribution is 7.90. The van der Waals surface area contributed by atoms with Crippen molar-refractivity contribution in [1.82, 2.24) is 4.90 Å². The van der Waals surface area contributed by atoms with E-state index in [0.717, 1.165) is 11.8 Å². The Hall–Kier alpha value is -2.18. The first-order valence-electron chi connectivity index (χ1n) is 7.76. The van der Waals surface area contributed by atoms with Crippen LogP contribution in [-0.2, 0) is 9.84 Å². The van der Waals surface area contributed by atoms with Gasteiger partial charge in [0.1, 0.15) is 0 Å². The predicted molar refractivity (Wildman–Crippen MR) is 92.6 cm³/mol. The third-order valence-electron chi connectivity index (χ3n) is 4.39. The van der Waals surface area contributed by atoms with Gasteiger partial charge in [-0.2, -0.15) is 0 Å². The summed E-state index contributed by atoms with van der Waals surface area (Å²) in [7, 11) is -3.34. The number of nitrogens with zero attached hydrogens (tertiary/aromatic N) is 1. The number of carbonyl (C=O) groups is 1. The van der Waals surface area contributed by atoms with Crippen LogP contribution >= 0.6 is 0 Å². The number of nitrogens with two attached hydrogens (primary N) is 1. The van der Waals surface area contributed by atoms with Crippen LogP contribution < -0.4 is 5.73 Å². The smallest absolute Gasteiger partial charge is 0.253 e. The zero-order chi connectivity index (χ0) is 17.3. The van der Waals surface area contributed by atoms with Crippen molar-refractivity contribution in [2.75, 3.05) is 19.3 Å². The minimum atomic E-state index is -3.34. The summed E-state index contributed by atoms with van der Waals surface area (Å²) in [6.45, 7) is 0.995. The van der Waals surface area contributed by atoms with Gasteiger partial charge in [0.2, 0.25) is 0 Å². The predicted octanol–water partition coefficient (Wildman–Crippen LogP) is 1.66. The van der Waals surface area contributed by atoms with Crippen LogP contribution in [0.4, 0.5) is 0 Å². The third kappa shape index (κ3) is 3.34. The monoisotopic (exact) mass is 344 g/mol. The van der Waals surface area contributed by atoms with Gasteiger partial charge >= 0.3 is 0 Å². The van der Waals surface area contributed by atoms with E-state index in [9.17, 15) is 13.2 Å². The Kier molecular flexibility index (Phi) is 4.43. The highest BCUT2D eigenvalue weighted by Gasteiger charge is 2.34. The number of amides is 1. The number of likely N-dealkylation sites (tertiary alicyclic amines) is 1. The average molecular weight is 344 g/mol. The van der Waals surface area contributed by atoms with Gasteiger partial charge in [-0.25, -0.2) is 8.42 Å². The fourth-order valence-corrected chi connectivity index (χ4v) is 3.76. The lowest BCUT2D eigenvalue weighted by Crippen LogP contribution is -2.32. The molecule has 2 N–H and O–H groups in total. The number of hydrogen-bond donors (Lipinski definition) is 1. The summed E-state index contributed by atoms with van der Waals surface area (Å²) >= 11 is 0. The highest BCUT2D eigenvalue weighted by Crippen LogP contribution is 2.27. The Bertz CT molecular complexity index is 850. The summed E-state index contributed by atoms with van der Waals surface area (Å²) in [6, 6.07) is 15.9. The van der Waals surface area contributed by atoms with Gasteiger partial charge in [0.05, 0.1) is 4.90 Å². The standard InChI is InChI=1S/C18H20N2O3S/c1-24(22,23)15-9-5-8-14(10-15)18(21)20-11-16(17(19)12-20)13-6-3-2-4-7-13/h2-10,16-17H,11-12,19H2,1H3/t16-,17+/m0/s1. The fourth-order valence-electron chi connectivity index (χ4n) is 3.09. The molecule has 24 heavy (non-hydrogen) atoms. The molecule has 0 saturated carbocycles. The number of hydrogen-bond acceptors (Lipinski definition) is 4. The Morgan fingerprint density at radius 2 is 1.79 bits per heavy atom. The highest BCUT2D eigenvalue weighted by atomic mass is 32.2. The summed E-state index contributed by atoms with van der Waals surface area (Å²) in [4.78, 5) is 14.6. The van der Waals surface area contributed by atoms with Crippen molar-refractivity contribution >= 4 is 15.7 Å². The molecule has 2 aromatic carbocycles. The molecule has 3 rings (SSSR count). The van der Waals surface area contributed by atoms with Crippen LogP contribution in [0.25, 0.3) is 0 Å². The molecule has 2 aromatic rings. The van der Waals surface area contributed by atoms with Crippen LogP contribution in [-0.4, -0.2) is 44.6 Å². The molecule has 5 nitrogen and oxygen atoms in total. The van der Waals surface area contributed by atoms with Gasteiger partial charge in [0.25, 0.3) is 5.91 Å². The molecule has 2 atom stereocenters. The van der Waals surface area contributed by atoms with E-state index in [-0.39, 0.29) is 22.8 Å². The molecule has 0 aliphatic carbocycles. The zero-order valence-corrected chi connectivity index (χ0v) is 14.2. The van der Waals surface area contributed by atoms with Crippen molar-refractivity contribution in [1.29, 1.82) is 0 Å². The minimum absolute atomic E-state index is 0.0910. The molecule has 0 bridgehead atoms. The molecular formula is C18H20N2O3S.